The first-order chi connectivity index (χ1) is 27.1. The van der Waals surface area contributed by atoms with Gasteiger partial charge < -0.3 is 20.5 Å². The van der Waals surface area contributed by atoms with Gasteiger partial charge in [0.15, 0.2) is 23.3 Å². The number of carbonyl (C=O) groups is 2. The first-order valence-electron chi connectivity index (χ1n) is 18.3. The molecule has 4 rings (SSSR count). The molecule has 0 aliphatic heterocycles. The van der Waals surface area contributed by atoms with Gasteiger partial charge >= 0.3 is 23.3 Å². The molecule has 5 N–H and O–H groups in total. The number of anilines is 1. The van der Waals surface area contributed by atoms with Gasteiger partial charge in [0.1, 0.15) is 22.2 Å². The van der Waals surface area contributed by atoms with Crippen molar-refractivity contribution in [3.63, 3.8) is 0 Å². The van der Waals surface area contributed by atoms with E-state index in [2.05, 4.69) is 15.3 Å². The Morgan fingerprint density at radius 1 is 0.683 bits per heavy atom. The van der Waals surface area contributed by atoms with Crippen molar-refractivity contribution in [3.05, 3.63) is 130 Å². The number of hydrogen-bond acceptors (Lipinski definition) is 10. The molecule has 0 aliphatic carbocycles. The standard InChI is InChI=1S/C20H25F2N3O4.C13H17F2NO2.C7H9ClN2O2.CH4/c1-11(2)25-17(26)10-16(24-19(25)28)23-15(9-18(27)29-20(3,4)5)12-6-7-13(21)14(22)8-12;1-13(2,3)18-12(17)7-11(16)8-4-5-9(14)10(15)6-8;1-4(2)10-6(11)3-5(8)9-7(10)12;/h6-8,10-11,15,23H,9H2,1-5H3,(H,24,28);4-6,11H,7,16H2,1-3H3;3-4H,1-2H3,(H,9,12);1H4/t15-;11-;;/m11../s1. The highest BCUT2D eigenvalue weighted by atomic mass is 35.5. The fourth-order valence-electron chi connectivity index (χ4n) is 5.18. The van der Waals surface area contributed by atoms with E-state index in [-0.39, 0.29) is 54.4 Å². The Morgan fingerprint density at radius 3 is 1.52 bits per heavy atom. The lowest BCUT2D eigenvalue weighted by atomic mass is 10.0. The minimum atomic E-state index is -1.08. The van der Waals surface area contributed by atoms with Crippen molar-refractivity contribution in [1.82, 2.24) is 19.1 Å². The predicted molar refractivity (Wildman–Crippen MR) is 222 cm³/mol. The van der Waals surface area contributed by atoms with Crippen LogP contribution in [0.4, 0.5) is 23.4 Å². The Morgan fingerprint density at radius 2 is 1.10 bits per heavy atom. The summed E-state index contributed by atoms with van der Waals surface area (Å²) in [6, 6.07) is 6.80. The number of carbonyl (C=O) groups excluding carboxylic acids is 2. The number of esters is 2. The molecule has 0 fully saturated rings. The molecule has 0 saturated heterocycles. The van der Waals surface area contributed by atoms with Crippen LogP contribution in [0.1, 0.15) is 125 Å². The van der Waals surface area contributed by atoms with E-state index in [1.165, 1.54) is 24.3 Å². The van der Waals surface area contributed by atoms with Gasteiger partial charge in [0.05, 0.1) is 18.9 Å². The summed E-state index contributed by atoms with van der Waals surface area (Å²) in [6.07, 6.45) is -0.319. The van der Waals surface area contributed by atoms with Crippen LogP contribution in [0.5, 0.6) is 0 Å². The molecule has 14 nitrogen and oxygen atoms in total. The van der Waals surface area contributed by atoms with E-state index in [9.17, 15) is 46.3 Å². The van der Waals surface area contributed by atoms with Gasteiger partial charge in [-0.15, -0.1) is 0 Å². The molecular formula is C41H55ClF4N6O8. The first-order valence-corrected chi connectivity index (χ1v) is 18.7. The SMILES string of the molecule is C.CC(C)(C)OC(=O)C[C@@H](N)c1ccc(F)c(F)c1.CC(C)n1c(=O)cc(Cl)[nH]c1=O.CC(C)n1c(=O)cc(N[C@H](CC(=O)OC(C)(C)C)c2ccc(F)c(F)c2)[nH]c1=O. The molecule has 0 spiro atoms. The van der Waals surface area contributed by atoms with E-state index < -0.39 is 75.4 Å². The topological polar surface area (TPSA) is 200 Å². The van der Waals surface area contributed by atoms with Crippen LogP contribution in [-0.2, 0) is 19.1 Å². The summed E-state index contributed by atoms with van der Waals surface area (Å²) in [7, 11) is 0. The second-order valence-electron chi connectivity index (χ2n) is 15.7. The van der Waals surface area contributed by atoms with Crippen LogP contribution >= 0.6 is 11.6 Å². The maximum atomic E-state index is 13.7. The zero-order valence-corrected chi connectivity index (χ0v) is 35.2. The number of nitrogens with two attached hydrogens (primary N) is 1. The molecule has 2 heterocycles. The average Bonchev–Trinajstić information content (AvgIpc) is 3.04. The van der Waals surface area contributed by atoms with Gasteiger partial charge in [0.25, 0.3) is 11.1 Å². The second kappa shape index (κ2) is 22.2. The molecule has 19 heteroatoms. The van der Waals surface area contributed by atoms with Gasteiger partial charge in [-0.05, 0) is 105 Å². The molecule has 0 radical (unpaired) electrons. The third kappa shape index (κ3) is 17.0. The Labute approximate surface area is 350 Å². The van der Waals surface area contributed by atoms with Gasteiger partial charge in [-0.2, -0.15) is 0 Å². The molecule has 0 amide bonds. The van der Waals surface area contributed by atoms with Crippen LogP contribution in [0.15, 0.2) is 67.7 Å². The van der Waals surface area contributed by atoms with Crippen molar-refractivity contribution in [2.75, 3.05) is 5.32 Å². The first kappa shape index (κ1) is 52.5. The molecule has 2 atom stereocenters. The Kier molecular flexibility index (Phi) is 19.4. The summed E-state index contributed by atoms with van der Waals surface area (Å²) in [4.78, 5) is 75.4. The number of benzene rings is 2. The monoisotopic (exact) mass is 870 g/mol. The van der Waals surface area contributed by atoms with Crippen LogP contribution in [0, 0.1) is 23.3 Å². The summed E-state index contributed by atoms with van der Waals surface area (Å²) in [6.45, 7) is 17.2. The molecule has 2 aromatic carbocycles. The van der Waals surface area contributed by atoms with E-state index in [0.717, 1.165) is 33.4 Å². The van der Waals surface area contributed by atoms with Crippen LogP contribution in [0.3, 0.4) is 0 Å². The van der Waals surface area contributed by atoms with E-state index in [1.807, 2.05) is 0 Å². The van der Waals surface area contributed by atoms with Crippen molar-refractivity contribution < 1.29 is 36.6 Å². The fraction of sp³-hybridized carbons (Fsp3) is 0.463. The largest absolute Gasteiger partial charge is 0.460 e. The van der Waals surface area contributed by atoms with Gasteiger partial charge in [0.2, 0.25) is 0 Å². The number of ether oxygens (including phenoxy) is 2. The third-order valence-electron chi connectivity index (χ3n) is 7.58. The second-order valence-corrected chi connectivity index (χ2v) is 16.2. The smallest absolute Gasteiger partial charge is 0.330 e. The number of H-pyrrole nitrogens is 2. The number of nitrogens with zero attached hydrogens (tertiary/aromatic N) is 2. The van der Waals surface area contributed by atoms with Crippen molar-refractivity contribution in [1.29, 1.82) is 0 Å². The van der Waals surface area contributed by atoms with Crippen molar-refractivity contribution in [2.45, 2.75) is 125 Å². The minimum absolute atomic E-state index is 0. The van der Waals surface area contributed by atoms with Crippen molar-refractivity contribution in [2.24, 2.45) is 5.73 Å². The molecule has 0 unspecified atom stereocenters. The fourth-order valence-corrected chi connectivity index (χ4v) is 5.35. The van der Waals surface area contributed by atoms with Crippen LogP contribution in [0.2, 0.25) is 5.15 Å². The van der Waals surface area contributed by atoms with E-state index in [0.29, 0.717) is 5.56 Å². The summed E-state index contributed by atoms with van der Waals surface area (Å²) < 4.78 is 65.3. The van der Waals surface area contributed by atoms with Crippen molar-refractivity contribution in [3.8, 4) is 0 Å². The number of halogens is 5. The number of nitrogens with one attached hydrogen (secondary N) is 3. The van der Waals surface area contributed by atoms with Gasteiger partial charge in [-0.3, -0.25) is 38.3 Å². The molecule has 60 heavy (non-hydrogen) atoms. The van der Waals surface area contributed by atoms with Crippen LogP contribution < -0.4 is 33.5 Å². The van der Waals surface area contributed by atoms with Gasteiger partial charge in [-0.25, -0.2) is 27.2 Å². The summed E-state index contributed by atoms with van der Waals surface area (Å²) in [5, 5.41) is 2.92. The average molecular weight is 871 g/mol. The zero-order chi connectivity index (χ0) is 45.2. The minimum Gasteiger partial charge on any atom is -0.460 e. The van der Waals surface area contributed by atoms with Crippen LogP contribution in [0.25, 0.3) is 0 Å². The Hall–Kier alpha value is -5.49. The number of rotatable bonds is 10. The quantitative estimate of drug-likeness (QED) is 0.0708. The van der Waals surface area contributed by atoms with Gasteiger partial charge in [0, 0.05) is 30.3 Å². The summed E-state index contributed by atoms with van der Waals surface area (Å²) >= 11 is 5.46. The summed E-state index contributed by atoms with van der Waals surface area (Å²) in [5.41, 5.74) is 3.02. The maximum Gasteiger partial charge on any atom is 0.330 e. The molecule has 0 aliphatic rings. The highest BCUT2D eigenvalue weighted by Crippen LogP contribution is 2.25. The van der Waals surface area contributed by atoms with E-state index >= 15 is 0 Å². The lowest BCUT2D eigenvalue weighted by Crippen LogP contribution is -2.36. The molecule has 0 bridgehead atoms. The highest BCUT2D eigenvalue weighted by molar-refractivity contribution is 6.29. The number of aromatic amines is 2. The lowest BCUT2D eigenvalue weighted by molar-refractivity contribution is -0.156. The summed E-state index contributed by atoms with van der Waals surface area (Å²) in [5.74, 6) is -5.04. The molecule has 2 aromatic heterocycles. The van der Waals surface area contributed by atoms with Gasteiger partial charge in [-0.1, -0.05) is 31.2 Å². The highest BCUT2D eigenvalue weighted by Gasteiger charge is 2.24. The Bertz CT molecular complexity index is 2270. The van der Waals surface area contributed by atoms with E-state index in [4.69, 9.17) is 26.8 Å². The van der Waals surface area contributed by atoms with E-state index in [1.54, 1.807) is 69.2 Å². The molecule has 4 aromatic rings. The Balaban J connectivity index is 0.000000494. The predicted octanol–water partition coefficient (Wildman–Crippen LogP) is 7.38. The number of hydrogen-bond donors (Lipinski definition) is 4. The number of aromatic nitrogens is 4. The van der Waals surface area contributed by atoms with Crippen molar-refractivity contribution >= 4 is 29.4 Å². The third-order valence-corrected chi connectivity index (χ3v) is 7.78. The molecule has 0 saturated carbocycles. The maximum absolute atomic E-state index is 13.7. The lowest BCUT2D eigenvalue weighted by Gasteiger charge is -2.24. The zero-order valence-electron chi connectivity index (χ0n) is 34.5. The molecular weight excluding hydrogens is 816 g/mol. The molecule has 332 valence electrons. The normalized spacial score (nSPS) is 12.2. The van der Waals surface area contributed by atoms with Crippen LogP contribution in [-0.4, -0.2) is 42.2 Å².